The van der Waals surface area contributed by atoms with Crippen molar-refractivity contribution in [3.05, 3.63) is 39.9 Å². The third kappa shape index (κ3) is 6.20. The number of ketones is 1. The average molecular weight is 505 g/mol. The standard InChI is InChI=1S/C27H34F2N2O3S/c1-27(28,29)17-34-26-30-22-16-31(13-10-24(22)35-26)12-9-18-5-7-19(8-6-18)15-23(32)21-4-2-3-20-11-14-33-25(20)21/h2-4,18-19H,5-17H2,1H3. The molecule has 0 unspecified atom stereocenters. The van der Waals surface area contributed by atoms with Crippen molar-refractivity contribution in [2.75, 3.05) is 26.3 Å². The third-order valence-electron chi connectivity index (χ3n) is 7.54. The highest BCUT2D eigenvalue weighted by Gasteiger charge is 2.28. The van der Waals surface area contributed by atoms with Crippen LogP contribution in [0.3, 0.4) is 0 Å². The molecule has 190 valence electrons. The number of ether oxygens (including phenoxy) is 2. The molecule has 1 aromatic carbocycles. The number of benzene rings is 1. The number of hydrogen-bond acceptors (Lipinski definition) is 6. The molecule has 3 aliphatic rings. The number of alkyl halides is 2. The Balaban J connectivity index is 1.04. The summed E-state index contributed by atoms with van der Waals surface area (Å²) in [5.74, 6) is -0.630. The fourth-order valence-electron chi connectivity index (χ4n) is 5.57. The van der Waals surface area contributed by atoms with Gasteiger partial charge < -0.3 is 9.47 Å². The van der Waals surface area contributed by atoms with Crippen LogP contribution in [0, 0.1) is 11.8 Å². The van der Waals surface area contributed by atoms with Crippen LogP contribution in [-0.4, -0.2) is 47.9 Å². The Morgan fingerprint density at radius 3 is 2.83 bits per heavy atom. The number of aromatic nitrogens is 1. The first-order valence-corrected chi connectivity index (χ1v) is 13.6. The number of rotatable bonds is 9. The van der Waals surface area contributed by atoms with Gasteiger partial charge in [-0.05, 0) is 55.7 Å². The van der Waals surface area contributed by atoms with Crippen LogP contribution in [0.5, 0.6) is 10.9 Å². The van der Waals surface area contributed by atoms with Crippen molar-refractivity contribution in [2.24, 2.45) is 11.8 Å². The van der Waals surface area contributed by atoms with Crippen molar-refractivity contribution in [3.63, 3.8) is 0 Å². The lowest BCUT2D eigenvalue weighted by Gasteiger charge is -2.31. The molecular formula is C27H34F2N2O3S. The lowest BCUT2D eigenvalue weighted by molar-refractivity contribution is -0.0230. The van der Waals surface area contributed by atoms with Crippen LogP contribution in [0.25, 0.3) is 0 Å². The van der Waals surface area contributed by atoms with E-state index in [9.17, 15) is 13.6 Å². The lowest BCUT2D eigenvalue weighted by Crippen LogP contribution is -2.32. The molecule has 0 bridgehead atoms. The molecule has 0 N–H and O–H groups in total. The predicted molar refractivity (Wildman–Crippen MR) is 132 cm³/mol. The molecule has 5 rings (SSSR count). The van der Waals surface area contributed by atoms with Gasteiger partial charge in [-0.2, -0.15) is 0 Å². The van der Waals surface area contributed by atoms with E-state index in [0.29, 0.717) is 30.1 Å². The maximum Gasteiger partial charge on any atom is 0.278 e. The summed E-state index contributed by atoms with van der Waals surface area (Å²) < 4.78 is 37.1. The zero-order valence-corrected chi connectivity index (χ0v) is 21.2. The highest BCUT2D eigenvalue weighted by molar-refractivity contribution is 7.13. The number of para-hydroxylation sites is 1. The number of Topliss-reactive ketones (excluding diaryl/α,β-unsaturated/α-hetero) is 1. The summed E-state index contributed by atoms with van der Waals surface area (Å²) >= 11 is 1.41. The SMILES string of the molecule is CC(F)(F)COc1nc2c(s1)CCN(CCC1CCC(CC(=O)c3cccc4c3OCC4)CC1)C2. The van der Waals surface area contributed by atoms with Crippen molar-refractivity contribution < 1.29 is 23.0 Å². The number of carbonyl (C=O) groups is 1. The highest BCUT2D eigenvalue weighted by Crippen LogP contribution is 2.36. The molecule has 0 atom stereocenters. The van der Waals surface area contributed by atoms with Crippen LogP contribution in [-0.2, 0) is 19.4 Å². The summed E-state index contributed by atoms with van der Waals surface area (Å²) in [5.41, 5.74) is 2.91. The van der Waals surface area contributed by atoms with Gasteiger partial charge in [0, 0.05) is 37.7 Å². The molecule has 5 nitrogen and oxygen atoms in total. The summed E-state index contributed by atoms with van der Waals surface area (Å²) in [7, 11) is 0. The fraction of sp³-hybridized carbons (Fsp3) is 0.630. The maximum absolute atomic E-state index is 13.1. The zero-order chi connectivity index (χ0) is 24.4. The zero-order valence-electron chi connectivity index (χ0n) is 20.4. The van der Waals surface area contributed by atoms with Crippen molar-refractivity contribution in [2.45, 2.75) is 70.8 Å². The second kappa shape index (κ2) is 10.5. The van der Waals surface area contributed by atoms with E-state index in [0.717, 1.165) is 86.1 Å². The maximum atomic E-state index is 13.1. The first-order valence-electron chi connectivity index (χ1n) is 12.8. The average Bonchev–Trinajstić information content (AvgIpc) is 3.48. The van der Waals surface area contributed by atoms with E-state index in [2.05, 4.69) is 16.0 Å². The van der Waals surface area contributed by atoms with Crippen molar-refractivity contribution in [1.29, 1.82) is 0 Å². The minimum Gasteiger partial charge on any atom is -0.492 e. The topological polar surface area (TPSA) is 51.7 Å². The molecule has 1 aliphatic carbocycles. The Hall–Kier alpha value is -2.06. The van der Waals surface area contributed by atoms with Gasteiger partial charge in [-0.1, -0.05) is 36.3 Å². The first kappa shape index (κ1) is 24.6. The molecule has 2 aromatic rings. The van der Waals surface area contributed by atoms with Gasteiger partial charge in [-0.25, -0.2) is 13.8 Å². The summed E-state index contributed by atoms with van der Waals surface area (Å²) in [5, 5.41) is 0.360. The number of halogens is 2. The van der Waals surface area contributed by atoms with Crippen LogP contribution in [0.15, 0.2) is 18.2 Å². The minimum atomic E-state index is -2.85. The summed E-state index contributed by atoms with van der Waals surface area (Å²) in [4.78, 5) is 21.0. The Bertz CT molecular complexity index is 1040. The smallest absolute Gasteiger partial charge is 0.278 e. The molecule has 1 saturated carbocycles. The highest BCUT2D eigenvalue weighted by atomic mass is 32.1. The van der Waals surface area contributed by atoms with Gasteiger partial charge in [-0.15, -0.1) is 0 Å². The van der Waals surface area contributed by atoms with Gasteiger partial charge in [0.25, 0.3) is 11.1 Å². The summed E-state index contributed by atoms with van der Waals surface area (Å²) in [6, 6.07) is 5.95. The molecule has 1 aromatic heterocycles. The van der Waals surface area contributed by atoms with Crippen LogP contribution in [0.2, 0.25) is 0 Å². The molecule has 35 heavy (non-hydrogen) atoms. The number of fused-ring (bicyclic) bond motifs is 2. The number of nitrogens with zero attached hydrogens (tertiary/aromatic N) is 2. The van der Waals surface area contributed by atoms with Gasteiger partial charge in [-0.3, -0.25) is 9.69 Å². The van der Waals surface area contributed by atoms with Gasteiger partial charge >= 0.3 is 0 Å². The molecule has 0 radical (unpaired) electrons. The lowest BCUT2D eigenvalue weighted by atomic mass is 9.78. The number of carbonyl (C=O) groups excluding carboxylic acids is 1. The van der Waals surface area contributed by atoms with Crippen molar-refractivity contribution in [1.82, 2.24) is 9.88 Å². The Morgan fingerprint density at radius 1 is 1.23 bits per heavy atom. The summed E-state index contributed by atoms with van der Waals surface area (Å²) in [6.07, 6.45) is 8.18. The van der Waals surface area contributed by atoms with E-state index in [1.54, 1.807) is 0 Å². The Kier molecular flexibility index (Phi) is 7.39. The second-order valence-electron chi connectivity index (χ2n) is 10.4. The quantitative estimate of drug-likeness (QED) is 0.396. The number of hydrogen-bond donors (Lipinski definition) is 0. The molecule has 1 fully saturated rings. The van der Waals surface area contributed by atoms with Gasteiger partial charge in [0.15, 0.2) is 12.4 Å². The van der Waals surface area contributed by atoms with Crippen LogP contribution >= 0.6 is 11.3 Å². The first-order chi connectivity index (χ1) is 16.8. The Morgan fingerprint density at radius 2 is 2.03 bits per heavy atom. The van der Waals surface area contributed by atoms with Gasteiger partial charge in [0.2, 0.25) is 0 Å². The second-order valence-corrected chi connectivity index (χ2v) is 11.5. The van der Waals surface area contributed by atoms with E-state index >= 15 is 0 Å². The van der Waals surface area contributed by atoms with E-state index in [1.807, 2.05) is 12.1 Å². The molecule has 8 heteroatoms. The normalized spacial score (nSPS) is 22.4. The van der Waals surface area contributed by atoms with Crippen molar-refractivity contribution in [3.8, 4) is 10.9 Å². The van der Waals surface area contributed by atoms with Crippen LogP contribution < -0.4 is 9.47 Å². The summed E-state index contributed by atoms with van der Waals surface area (Å²) in [6.45, 7) is 3.69. The monoisotopic (exact) mass is 504 g/mol. The largest absolute Gasteiger partial charge is 0.492 e. The molecule has 3 heterocycles. The molecule has 0 amide bonds. The van der Waals surface area contributed by atoms with Crippen LogP contribution in [0.4, 0.5) is 8.78 Å². The van der Waals surface area contributed by atoms with Crippen LogP contribution in [0.1, 0.15) is 71.9 Å². The number of thiazole rings is 1. The molecule has 0 spiro atoms. The predicted octanol–water partition coefficient (Wildman–Crippen LogP) is 5.94. The van der Waals surface area contributed by atoms with E-state index in [4.69, 9.17) is 9.47 Å². The minimum absolute atomic E-state index is 0.227. The molecular weight excluding hydrogens is 470 g/mol. The molecule has 0 saturated heterocycles. The van der Waals surface area contributed by atoms with E-state index in [1.165, 1.54) is 24.2 Å². The fourth-order valence-corrected chi connectivity index (χ4v) is 6.47. The Labute approximate surface area is 209 Å². The van der Waals surface area contributed by atoms with Crippen molar-refractivity contribution >= 4 is 17.1 Å². The van der Waals surface area contributed by atoms with E-state index in [-0.39, 0.29) is 5.78 Å². The van der Waals surface area contributed by atoms with E-state index < -0.39 is 12.5 Å². The molecule has 2 aliphatic heterocycles. The van der Waals surface area contributed by atoms with Gasteiger partial charge in [0.05, 0.1) is 17.9 Å². The van der Waals surface area contributed by atoms with Gasteiger partial charge in [0.1, 0.15) is 5.75 Å². The third-order valence-corrected chi connectivity index (χ3v) is 8.61.